The van der Waals surface area contributed by atoms with Crippen LogP contribution in [0.5, 0.6) is 0 Å². The maximum atomic E-state index is 13.1. The van der Waals surface area contributed by atoms with Crippen molar-refractivity contribution < 1.29 is 9.21 Å². The molecule has 1 saturated heterocycles. The van der Waals surface area contributed by atoms with Gasteiger partial charge in [0.1, 0.15) is 23.0 Å². The van der Waals surface area contributed by atoms with Gasteiger partial charge < -0.3 is 9.32 Å². The van der Waals surface area contributed by atoms with E-state index in [1.807, 2.05) is 17.0 Å². The number of aryl methyl sites for hydroxylation is 1. The Bertz CT molecular complexity index is 959. The summed E-state index contributed by atoms with van der Waals surface area (Å²) in [6, 6.07) is 10.1. The zero-order valence-electron chi connectivity index (χ0n) is 15.1. The minimum atomic E-state index is -0.123. The van der Waals surface area contributed by atoms with Crippen LogP contribution in [0.25, 0.3) is 5.88 Å². The molecule has 0 N–H and O–H groups in total. The van der Waals surface area contributed by atoms with E-state index >= 15 is 0 Å². The second kappa shape index (κ2) is 7.43. The Hall–Kier alpha value is -2.82. The second-order valence-corrected chi connectivity index (χ2v) is 7.60. The Morgan fingerprint density at radius 1 is 1.22 bits per heavy atom. The zero-order valence-corrected chi connectivity index (χ0v) is 15.9. The maximum absolute atomic E-state index is 13.1. The van der Waals surface area contributed by atoms with E-state index in [1.165, 1.54) is 4.88 Å². The number of carbonyl (C=O) groups excluding carboxylic acids is 1. The summed E-state index contributed by atoms with van der Waals surface area (Å²) < 4.78 is 7.49. The van der Waals surface area contributed by atoms with Gasteiger partial charge in [0.15, 0.2) is 0 Å². The van der Waals surface area contributed by atoms with E-state index in [0.29, 0.717) is 35.9 Å². The minimum absolute atomic E-state index is 0.123. The van der Waals surface area contributed by atoms with Crippen LogP contribution in [0.2, 0.25) is 0 Å². The number of hydrogen-bond donors (Lipinski definition) is 0. The summed E-state index contributed by atoms with van der Waals surface area (Å²) in [5.41, 5.74) is 0.683. The first-order chi connectivity index (χ1) is 13.2. The molecule has 0 spiro atoms. The molecule has 4 rings (SSSR count). The van der Waals surface area contributed by atoms with Crippen LogP contribution in [0.3, 0.4) is 0 Å². The molecule has 7 heteroatoms. The number of amides is 1. The largest absolute Gasteiger partial charge is 0.443 e. The second-order valence-electron chi connectivity index (χ2n) is 6.56. The van der Waals surface area contributed by atoms with Crippen molar-refractivity contribution in [2.24, 2.45) is 0 Å². The van der Waals surface area contributed by atoms with Crippen LogP contribution < -0.4 is 0 Å². The highest BCUT2D eigenvalue weighted by Crippen LogP contribution is 2.27. The molecule has 1 fully saturated rings. The summed E-state index contributed by atoms with van der Waals surface area (Å²) in [5.74, 6) is 0.767. The molecule has 1 aliphatic rings. The minimum Gasteiger partial charge on any atom is -0.443 e. The zero-order chi connectivity index (χ0) is 18.8. The lowest BCUT2D eigenvalue weighted by molar-refractivity contribution is 0.0627. The molecule has 3 aromatic heterocycles. The summed E-state index contributed by atoms with van der Waals surface area (Å²) in [6.07, 6.45) is 3.60. The molecule has 0 aromatic carbocycles. The van der Waals surface area contributed by atoms with E-state index in [4.69, 9.17) is 4.42 Å². The number of nitrogens with zero attached hydrogens (tertiary/aromatic N) is 4. The predicted molar refractivity (Wildman–Crippen MR) is 103 cm³/mol. The van der Waals surface area contributed by atoms with Crippen LogP contribution in [0, 0.1) is 18.3 Å². The summed E-state index contributed by atoms with van der Waals surface area (Å²) in [5, 5.41) is 11.7. The normalized spacial score (nSPS) is 15.0. The van der Waals surface area contributed by atoms with Gasteiger partial charge in [0.05, 0.1) is 0 Å². The molecule has 138 valence electrons. The number of furan rings is 1. The van der Waals surface area contributed by atoms with Crippen molar-refractivity contribution in [2.75, 3.05) is 26.2 Å². The SMILES string of the molecule is Cc1oc(-n2cccc2)c(C#N)c1C(=O)N1CCN(Cc2cccs2)CC1. The number of piperazine rings is 1. The fourth-order valence-electron chi connectivity index (χ4n) is 3.43. The summed E-state index contributed by atoms with van der Waals surface area (Å²) in [7, 11) is 0. The quantitative estimate of drug-likeness (QED) is 0.697. The van der Waals surface area contributed by atoms with Gasteiger partial charge in [-0.25, -0.2) is 0 Å². The predicted octanol–water partition coefficient (Wildman–Crippen LogP) is 3.27. The standard InChI is InChI=1S/C20H20N4O2S/c1-15-18(17(13-21)20(26-15)24-6-2-3-7-24)19(25)23-10-8-22(9-11-23)14-16-5-4-12-27-16/h2-7,12H,8-11,14H2,1H3. The summed E-state index contributed by atoms with van der Waals surface area (Å²) >= 11 is 1.76. The van der Waals surface area contributed by atoms with Gasteiger partial charge in [-0.1, -0.05) is 6.07 Å². The lowest BCUT2D eigenvalue weighted by atomic mass is 10.1. The van der Waals surface area contributed by atoms with Crippen LogP contribution in [0.1, 0.15) is 26.6 Å². The van der Waals surface area contributed by atoms with Crippen LogP contribution >= 0.6 is 11.3 Å². The van der Waals surface area contributed by atoms with Gasteiger partial charge >= 0.3 is 0 Å². The molecule has 0 radical (unpaired) electrons. The Morgan fingerprint density at radius 3 is 2.59 bits per heavy atom. The van der Waals surface area contributed by atoms with Crippen LogP contribution in [-0.4, -0.2) is 46.5 Å². The van der Waals surface area contributed by atoms with Crippen molar-refractivity contribution >= 4 is 17.2 Å². The van der Waals surface area contributed by atoms with Crippen molar-refractivity contribution in [3.05, 3.63) is 63.8 Å². The van der Waals surface area contributed by atoms with E-state index in [1.54, 1.807) is 35.2 Å². The molecule has 0 atom stereocenters. The third-order valence-corrected chi connectivity index (χ3v) is 5.71. The van der Waals surface area contributed by atoms with Gasteiger partial charge in [-0.2, -0.15) is 5.26 Å². The van der Waals surface area contributed by atoms with E-state index < -0.39 is 0 Å². The molecule has 0 saturated carbocycles. The number of hydrogen-bond acceptors (Lipinski definition) is 5. The van der Waals surface area contributed by atoms with Gasteiger partial charge in [0.2, 0.25) is 5.88 Å². The highest BCUT2D eigenvalue weighted by atomic mass is 32.1. The third-order valence-electron chi connectivity index (χ3n) is 4.85. The van der Waals surface area contributed by atoms with Crippen LogP contribution in [-0.2, 0) is 6.54 Å². The number of thiophene rings is 1. The molecule has 4 heterocycles. The molecule has 3 aromatic rings. The molecule has 0 unspecified atom stereocenters. The van der Waals surface area contributed by atoms with Crippen LogP contribution in [0.15, 0.2) is 46.5 Å². The van der Waals surface area contributed by atoms with Crippen molar-refractivity contribution in [1.29, 1.82) is 5.26 Å². The topological polar surface area (TPSA) is 65.4 Å². The number of nitriles is 1. The smallest absolute Gasteiger partial charge is 0.258 e. The average molecular weight is 380 g/mol. The Kier molecular flexibility index (Phi) is 4.84. The van der Waals surface area contributed by atoms with Crippen molar-refractivity contribution in [2.45, 2.75) is 13.5 Å². The van der Waals surface area contributed by atoms with Crippen molar-refractivity contribution in [1.82, 2.24) is 14.4 Å². The molecular weight excluding hydrogens is 360 g/mol. The van der Waals surface area contributed by atoms with E-state index in [2.05, 4.69) is 28.5 Å². The molecule has 0 aliphatic carbocycles. The number of carbonyl (C=O) groups is 1. The Labute approximate surface area is 161 Å². The van der Waals surface area contributed by atoms with Crippen LogP contribution in [0.4, 0.5) is 0 Å². The van der Waals surface area contributed by atoms with Crippen molar-refractivity contribution in [3.63, 3.8) is 0 Å². The lowest BCUT2D eigenvalue weighted by Crippen LogP contribution is -2.48. The summed E-state index contributed by atoms with van der Waals surface area (Å²) in [6.45, 7) is 5.62. The molecule has 1 aliphatic heterocycles. The average Bonchev–Trinajstić information content (AvgIpc) is 3.42. The van der Waals surface area contributed by atoms with E-state index in [9.17, 15) is 10.1 Å². The van der Waals surface area contributed by atoms with Gasteiger partial charge in [-0.15, -0.1) is 11.3 Å². The first-order valence-corrected chi connectivity index (χ1v) is 9.76. The molecule has 6 nitrogen and oxygen atoms in total. The van der Waals surface area contributed by atoms with Gasteiger partial charge in [-0.3, -0.25) is 14.3 Å². The monoisotopic (exact) mass is 380 g/mol. The molecule has 1 amide bonds. The Balaban J connectivity index is 1.50. The first kappa shape index (κ1) is 17.6. The van der Waals surface area contributed by atoms with E-state index in [-0.39, 0.29) is 5.91 Å². The van der Waals surface area contributed by atoms with E-state index in [0.717, 1.165) is 19.6 Å². The molecular formula is C20H20N4O2S. The number of rotatable bonds is 4. The fraction of sp³-hybridized carbons (Fsp3) is 0.300. The molecule has 27 heavy (non-hydrogen) atoms. The van der Waals surface area contributed by atoms with Crippen molar-refractivity contribution in [3.8, 4) is 12.0 Å². The fourth-order valence-corrected chi connectivity index (χ4v) is 4.18. The van der Waals surface area contributed by atoms with Gasteiger partial charge in [0, 0.05) is 50.0 Å². The van der Waals surface area contributed by atoms with Gasteiger partial charge in [0.25, 0.3) is 5.91 Å². The lowest BCUT2D eigenvalue weighted by Gasteiger charge is -2.34. The maximum Gasteiger partial charge on any atom is 0.258 e. The number of aromatic nitrogens is 1. The highest BCUT2D eigenvalue weighted by Gasteiger charge is 2.30. The van der Waals surface area contributed by atoms with Gasteiger partial charge in [-0.05, 0) is 30.5 Å². The first-order valence-electron chi connectivity index (χ1n) is 8.88. The Morgan fingerprint density at radius 2 is 1.96 bits per heavy atom. The highest BCUT2D eigenvalue weighted by molar-refractivity contribution is 7.09. The molecule has 0 bridgehead atoms. The summed E-state index contributed by atoms with van der Waals surface area (Å²) in [4.78, 5) is 18.6. The third kappa shape index (κ3) is 3.42.